The van der Waals surface area contributed by atoms with Gasteiger partial charge in [0.15, 0.2) is 11.5 Å². The molecule has 0 saturated carbocycles. The molecule has 6 amide bonds. The number of nitrogens with two attached hydrogens (primary N) is 1. The van der Waals surface area contributed by atoms with Crippen molar-refractivity contribution in [2.45, 2.75) is 38.1 Å². The zero-order valence-electron chi connectivity index (χ0n) is 33.7. The Hall–Kier alpha value is -6.31. The van der Waals surface area contributed by atoms with Crippen LogP contribution < -0.4 is 36.0 Å². The Morgan fingerprint density at radius 3 is 2.47 bits per heavy atom. The highest BCUT2D eigenvalue weighted by molar-refractivity contribution is 6.05. The fourth-order valence-electron chi connectivity index (χ4n) is 9.13. The number of carbonyl (C=O) groups is 4. The molecule has 5 saturated heterocycles. The number of nitrogens with one attached hydrogen (secondary N) is 2. The van der Waals surface area contributed by atoms with Crippen LogP contribution in [0.4, 0.5) is 48.6 Å². The van der Waals surface area contributed by atoms with Crippen molar-refractivity contribution in [2.75, 3.05) is 111 Å². The molecule has 4 N–H and O–H groups in total. The van der Waals surface area contributed by atoms with Gasteiger partial charge in [-0.2, -0.15) is 4.98 Å². The molecule has 0 unspecified atom stereocenters. The molecule has 0 aliphatic carbocycles. The zero-order chi connectivity index (χ0) is 41.5. The molecular formula is C40H50FN15O4. The van der Waals surface area contributed by atoms with Gasteiger partial charge in [0, 0.05) is 116 Å². The Bertz CT molecular complexity index is 2290. The molecule has 4 aromatic rings. The summed E-state index contributed by atoms with van der Waals surface area (Å²) in [5.41, 5.74) is 8.25. The molecule has 0 spiro atoms. The van der Waals surface area contributed by atoms with Crippen LogP contribution in [0.5, 0.6) is 0 Å². The van der Waals surface area contributed by atoms with Crippen molar-refractivity contribution < 1.29 is 23.6 Å². The number of imidazole rings is 1. The van der Waals surface area contributed by atoms with Crippen LogP contribution in [0.3, 0.4) is 0 Å². The maximum Gasteiger partial charge on any atom is 0.329 e. The lowest BCUT2D eigenvalue weighted by atomic mass is 9.95. The number of amides is 6. The largest absolute Gasteiger partial charge is 0.371 e. The Labute approximate surface area is 346 Å². The number of anilines is 6. The topological polar surface area (TPSA) is 197 Å². The molecule has 0 bridgehead atoms. The van der Waals surface area contributed by atoms with E-state index < -0.39 is 11.9 Å². The first-order valence-corrected chi connectivity index (χ1v) is 20.8. The molecule has 5 fully saturated rings. The number of carbonyl (C=O) groups excluding carboxylic acids is 4. The summed E-state index contributed by atoms with van der Waals surface area (Å²) in [7, 11) is 1.80. The van der Waals surface area contributed by atoms with Crippen molar-refractivity contribution in [1.82, 2.24) is 44.6 Å². The molecule has 8 heterocycles. The van der Waals surface area contributed by atoms with Gasteiger partial charge in [0.1, 0.15) is 17.3 Å². The summed E-state index contributed by atoms with van der Waals surface area (Å²) in [6.07, 6.45) is 7.70. The van der Waals surface area contributed by atoms with Gasteiger partial charge in [0.25, 0.3) is 5.91 Å². The summed E-state index contributed by atoms with van der Waals surface area (Å²) in [5.74, 6) is 0.140. The number of primary amides is 1. The predicted octanol–water partition coefficient (Wildman–Crippen LogP) is 2.32. The number of hydrogen-bond acceptors (Lipinski definition) is 13. The number of piperidine rings is 2. The average molecular weight is 824 g/mol. The minimum absolute atomic E-state index is 0.0100. The van der Waals surface area contributed by atoms with E-state index in [4.69, 9.17) is 5.73 Å². The van der Waals surface area contributed by atoms with Crippen LogP contribution in [-0.4, -0.2) is 155 Å². The Kier molecular flexibility index (Phi) is 10.7. The molecule has 5 aliphatic rings. The van der Waals surface area contributed by atoms with Crippen molar-refractivity contribution in [3.05, 3.63) is 54.2 Å². The lowest BCUT2D eigenvalue weighted by Gasteiger charge is -2.40. The van der Waals surface area contributed by atoms with Gasteiger partial charge < -0.3 is 35.6 Å². The Morgan fingerprint density at radius 2 is 1.73 bits per heavy atom. The molecule has 1 aromatic carbocycles. The van der Waals surface area contributed by atoms with Gasteiger partial charge in [-0.3, -0.25) is 29.1 Å². The number of aromatic nitrogens is 5. The minimum atomic E-state index is -0.804. The van der Waals surface area contributed by atoms with E-state index in [1.807, 2.05) is 26.5 Å². The lowest BCUT2D eigenvalue weighted by Crippen LogP contribution is -2.50. The Morgan fingerprint density at radius 1 is 0.917 bits per heavy atom. The van der Waals surface area contributed by atoms with Crippen LogP contribution in [0.25, 0.3) is 5.65 Å². The van der Waals surface area contributed by atoms with E-state index in [9.17, 15) is 19.2 Å². The molecule has 5 aliphatic heterocycles. The molecule has 19 nitrogen and oxygen atoms in total. The Balaban J connectivity index is 0.769. The molecule has 3 aromatic heterocycles. The van der Waals surface area contributed by atoms with Crippen LogP contribution >= 0.6 is 0 Å². The van der Waals surface area contributed by atoms with Gasteiger partial charge in [-0.1, -0.05) is 0 Å². The van der Waals surface area contributed by atoms with Gasteiger partial charge in [0.05, 0.1) is 17.9 Å². The lowest BCUT2D eigenvalue weighted by molar-refractivity contribution is -0.120. The number of rotatable bonds is 10. The number of likely N-dealkylation sites (N-methyl/N-ethyl adjacent to an activating group) is 1. The van der Waals surface area contributed by atoms with E-state index in [0.29, 0.717) is 74.9 Å². The first-order chi connectivity index (χ1) is 29.1. The van der Waals surface area contributed by atoms with Gasteiger partial charge in [-0.05, 0) is 55.9 Å². The number of nitrogens with zero attached hydrogens (tertiary/aromatic N) is 12. The second-order valence-electron chi connectivity index (χ2n) is 16.3. The monoisotopic (exact) mass is 823 g/mol. The highest BCUT2D eigenvalue weighted by Crippen LogP contribution is 2.30. The maximum atomic E-state index is 15.7. The second-order valence-corrected chi connectivity index (χ2v) is 16.3. The van der Waals surface area contributed by atoms with Gasteiger partial charge in [0.2, 0.25) is 11.9 Å². The highest BCUT2D eigenvalue weighted by atomic mass is 19.1. The van der Waals surface area contributed by atoms with Crippen LogP contribution in [0.15, 0.2) is 42.7 Å². The summed E-state index contributed by atoms with van der Waals surface area (Å²) in [6, 6.07) is 8.60. The van der Waals surface area contributed by atoms with E-state index in [1.54, 1.807) is 35.2 Å². The smallest absolute Gasteiger partial charge is 0.329 e. The van der Waals surface area contributed by atoms with Crippen LogP contribution in [0.1, 0.15) is 42.6 Å². The van der Waals surface area contributed by atoms with Crippen molar-refractivity contribution in [3.63, 3.8) is 0 Å². The molecule has 9 rings (SSSR count). The van der Waals surface area contributed by atoms with Gasteiger partial charge >= 0.3 is 12.1 Å². The third-order valence-corrected chi connectivity index (χ3v) is 12.5. The average Bonchev–Trinajstić information content (AvgIpc) is 3.83. The number of benzene rings is 1. The summed E-state index contributed by atoms with van der Waals surface area (Å²) in [6.45, 7) is 8.81. The van der Waals surface area contributed by atoms with E-state index in [0.717, 1.165) is 69.7 Å². The van der Waals surface area contributed by atoms with Crippen molar-refractivity contribution in [3.8, 4) is 0 Å². The van der Waals surface area contributed by atoms with Crippen LogP contribution in [0.2, 0.25) is 0 Å². The summed E-state index contributed by atoms with van der Waals surface area (Å²) >= 11 is 0. The first kappa shape index (κ1) is 39.2. The molecule has 60 heavy (non-hydrogen) atoms. The van der Waals surface area contributed by atoms with Crippen LogP contribution in [-0.2, 0) is 4.79 Å². The van der Waals surface area contributed by atoms with Crippen LogP contribution in [0, 0.1) is 11.7 Å². The van der Waals surface area contributed by atoms with Crippen molar-refractivity contribution in [2.24, 2.45) is 11.7 Å². The van der Waals surface area contributed by atoms with Crippen molar-refractivity contribution in [1.29, 1.82) is 0 Å². The van der Waals surface area contributed by atoms with Gasteiger partial charge in [-0.25, -0.2) is 19.0 Å². The van der Waals surface area contributed by atoms with E-state index in [2.05, 4.69) is 51.6 Å². The number of imide groups is 1. The fourth-order valence-corrected chi connectivity index (χ4v) is 9.13. The molecule has 316 valence electrons. The normalized spacial score (nSPS) is 21.0. The highest BCUT2D eigenvalue weighted by Gasteiger charge is 2.35. The molecule has 20 heteroatoms. The summed E-state index contributed by atoms with van der Waals surface area (Å²) in [5, 5.41) is 13.7. The fraction of sp³-hybridized carbons (Fsp3) is 0.500. The van der Waals surface area contributed by atoms with Crippen molar-refractivity contribution >= 4 is 64.2 Å². The van der Waals surface area contributed by atoms with E-state index in [-0.39, 0.29) is 41.7 Å². The third kappa shape index (κ3) is 7.90. The quantitative estimate of drug-likeness (QED) is 0.211. The molecule has 1 atom stereocenters. The van der Waals surface area contributed by atoms with E-state index in [1.165, 1.54) is 6.07 Å². The summed E-state index contributed by atoms with van der Waals surface area (Å²) < 4.78 is 17.6. The number of urea groups is 2. The molecule has 0 radical (unpaired) electrons. The zero-order valence-corrected chi connectivity index (χ0v) is 33.7. The summed E-state index contributed by atoms with van der Waals surface area (Å²) in [4.78, 5) is 72.2. The number of fused-ring (bicyclic) bond motifs is 1. The second kappa shape index (κ2) is 16.4. The SMILES string of the molecule is CN1CCN([C@@H]2CCCN(c3nnc(C(N)=O)c(Nc4ccc(N5CCN(CC6CCN(c7ccn8c(N9CCC(=O)NC9=O)cnc8c7)CC6)CC5)c(F)c4)n3)C2)C1=O. The molecular weight excluding hydrogens is 774 g/mol. The van der Waals surface area contributed by atoms with E-state index >= 15 is 4.39 Å². The van der Waals surface area contributed by atoms with Gasteiger partial charge in [-0.15, -0.1) is 10.2 Å². The number of piperazine rings is 1. The standard InChI is InChI=1S/C40H50FN15O4/c1-49-15-20-54(40(49)60)29-3-2-10-53(25-29)38-46-37(35(36(42)58)47-48-38)44-27-4-5-31(30(41)21-27)52-18-16-50(17-19-52)24-26-6-11-51(12-7-26)28-8-13-55-32(22-28)43-23-34(55)56-14-9-33(57)45-39(56)59/h4-5,8,13,21-23,26,29H,2-3,6-7,9-12,14-20,24-25H2,1H3,(H2,42,58)(H,44,46,48)(H,45,57,59)/t29-/m1/s1. The number of pyridine rings is 1. The minimum Gasteiger partial charge on any atom is -0.371 e. The number of halogens is 1. The third-order valence-electron chi connectivity index (χ3n) is 12.5. The predicted molar refractivity (Wildman–Crippen MR) is 222 cm³/mol. The number of hydrogen-bond donors (Lipinski definition) is 3. The first-order valence-electron chi connectivity index (χ1n) is 20.8. The maximum absolute atomic E-state index is 15.7.